The van der Waals surface area contributed by atoms with E-state index in [-0.39, 0.29) is 0 Å². The molecule has 1 heterocycles. The Balaban J connectivity index is 2.76. The zero-order valence-corrected chi connectivity index (χ0v) is 5.18. The van der Waals surface area contributed by atoms with Crippen molar-refractivity contribution in [3.8, 4) is 0 Å². The molecule has 0 atom stereocenters. The van der Waals surface area contributed by atoms with Gasteiger partial charge in [-0.05, 0) is 0 Å². The third-order valence-corrected chi connectivity index (χ3v) is 1.08. The number of oxazole rings is 1. The second kappa shape index (κ2) is 2.12. The van der Waals surface area contributed by atoms with Crippen LogP contribution in [0.5, 0.6) is 0 Å². The molecule has 0 spiro atoms. The van der Waals surface area contributed by atoms with Crippen molar-refractivity contribution in [1.29, 1.82) is 0 Å². The average Bonchev–Trinajstić information content (AvgIpc) is 2.14. The van der Waals surface area contributed by atoms with Crippen LogP contribution in [-0.4, -0.2) is 4.98 Å². The first-order chi connectivity index (χ1) is 3.43. The van der Waals surface area contributed by atoms with Crippen LogP contribution in [0, 0.1) is 0 Å². The molecule has 7 heavy (non-hydrogen) atoms. The fourth-order valence-electron chi connectivity index (χ4n) is 0.319. The summed E-state index contributed by atoms with van der Waals surface area (Å²) in [5, 5.41) is 0.694. The molecular weight excluding hydrogens is 158 g/mol. The molecule has 0 aliphatic carbocycles. The molecule has 0 aliphatic rings. The topological polar surface area (TPSA) is 26.0 Å². The summed E-state index contributed by atoms with van der Waals surface area (Å²) in [5.74, 6) is 0.722. The molecule has 0 N–H and O–H groups in total. The van der Waals surface area contributed by atoms with Crippen LogP contribution in [0.25, 0.3) is 0 Å². The van der Waals surface area contributed by atoms with Crippen LogP contribution in [0.3, 0.4) is 0 Å². The first-order valence-electron chi connectivity index (χ1n) is 1.88. The van der Waals surface area contributed by atoms with Gasteiger partial charge in [-0.2, -0.15) is 0 Å². The third kappa shape index (κ3) is 1.03. The Morgan fingerprint density at radius 2 is 2.71 bits per heavy atom. The van der Waals surface area contributed by atoms with Gasteiger partial charge in [0.15, 0.2) is 0 Å². The smallest absolute Gasteiger partial charge is 0.204 e. The highest BCUT2D eigenvalue weighted by molar-refractivity contribution is 9.08. The summed E-state index contributed by atoms with van der Waals surface area (Å²) in [4.78, 5) is 3.82. The number of rotatable bonds is 1. The summed E-state index contributed by atoms with van der Waals surface area (Å²) >= 11 is 3.18. The van der Waals surface area contributed by atoms with Crippen LogP contribution in [0.1, 0.15) is 5.89 Å². The fourth-order valence-corrected chi connectivity index (χ4v) is 0.596. The Kier molecular flexibility index (Phi) is 1.46. The van der Waals surface area contributed by atoms with Crippen molar-refractivity contribution in [3.05, 3.63) is 18.4 Å². The number of aromatic nitrogens is 1. The van der Waals surface area contributed by atoms with E-state index in [0.717, 1.165) is 5.89 Å². The van der Waals surface area contributed by atoms with Crippen molar-refractivity contribution in [2.45, 2.75) is 5.33 Å². The number of alkyl halides is 1. The zero-order chi connectivity index (χ0) is 5.11. The maximum Gasteiger partial charge on any atom is 0.204 e. The van der Waals surface area contributed by atoms with Crippen molar-refractivity contribution in [3.63, 3.8) is 0 Å². The Bertz CT molecular complexity index is 126. The molecule has 0 amide bonds. The van der Waals surface area contributed by atoms with Gasteiger partial charge >= 0.3 is 0 Å². The van der Waals surface area contributed by atoms with Crippen LogP contribution in [-0.2, 0) is 5.33 Å². The molecule has 1 rings (SSSR count). The lowest BCUT2D eigenvalue weighted by Gasteiger charge is -1.76. The van der Waals surface area contributed by atoms with E-state index in [9.17, 15) is 0 Å². The van der Waals surface area contributed by atoms with Crippen molar-refractivity contribution in [1.82, 2.24) is 4.98 Å². The van der Waals surface area contributed by atoms with Crippen molar-refractivity contribution in [2.75, 3.05) is 0 Å². The molecule has 3 heteroatoms. The van der Waals surface area contributed by atoms with Gasteiger partial charge in [-0.15, -0.1) is 0 Å². The molecule has 0 saturated carbocycles. The first kappa shape index (κ1) is 4.84. The van der Waals surface area contributed by atoms with E-state index in [1.54, 1.807) is 12.5 Å². The van der Waals surface area contributed by atoms with Crippen LogP contribution in [0.4, 0.5) is 0 Å². The highest BCUT2D eigenvalue weighted by Crippen LogP contribution is 1.98. The molecular formula is C4H4BrNO. The second-order valence-electron chi connectivity index (χ2n) is 1.06. The summed E-state index contributed by atoms with van der Waals surface area (Å²) in [5.41, 5.74) is 0. The lowest BCUT2D eigenvalue weighted by Crippen LogP contribution is -1.69. The number of hydrogen-bond donors (Lipinski definition) is 0. The lowest BCUT2D eigenvalue weighted by molar-refractivity contribution is 0.518. The molecule has 0 radical (unpaired) electrons. The molecule has 1 aromatic heterocycles. The molecule has 0 unspecified atom stereocenters. The molecule has 2 nitrogen and oxygen atoms in total. The summed E-state index contributed by atoms with van der Waals surface area (Å²) < 4.78 is 4.82. The fraction of sp³-hybridized carbons (Fsp3) is 0.250. The molecule has 38 valence electrons. The Hall–Kier alpha value is -0.310. The van der Waals surface area contributed by atoms with Gasteiger partial charge in [0.1, 0.15) is 6.26 Å². The second-order valence-corrected chi connectivity index (χ2v) is 1.62. The summed E-state index contributed by atoms with van der Waals surface area (Å²) in [7, 11) is 0. The minimum absolute atomic E-state index is 0.694. The number of halogens is 1. The van der Waals surface area contributed by atoms with Gasteiger partial charge in [-0.3, -0.25) is 0 Å². The van der Waals surface area contributed by atoms with Gasteiger partial charge in [0.05, 0.1) is 11.5 Å². The van der Waals surface area contributed by atoms with Crippen molar-refractivity contribution >= 4 is 15.9 Å². The van der Waals surface area contributed by atoms with Crippen molar-refractivity contribution < 1.29 is 4.42 Å². The van der Waals surface area contributed by atoms with Crippen LogP contribution < -0.4 is 0 Å². The van der Waals surface area contributed by atoms with Gasteiger partial charge in [-0.1, -0.05) is 15.9 Å². The normalized spacial score (nSPS) is 9.29. The van der Waals surface area contributed by atoms with E-state index < -0.39 is 0 Å². The molecule has 0 saturated heterocycles. The van der Waals surface area contributed by atoms with E-state index in [1.165, 1.54) is 0 Å². The van der Waals surface area contributed by atoms with Gasteiger partial charge < -0.3 is 4.42 Å². The van der Waals surface area contributed by atoms with Gasteiger partial charge in [0.2, 0.25) is 5.89 Å². The predicted molar refractivity (Wildman–Crippen MR) is 29.1 cm³/mol. The molecule has 0 aromatic carbocycles. The minimum Gasteiger partial charge on any atom is -0.448 e. The molecule has 1 aromatic rings. The maximum atomic E-state index is 4.82. The Labute approximate surface area is 49.7 Å². The van der Waals surface area contributed by atoms with Crippen molar-refractivity contribution in [2.24, 2.45) is 0 Å². The SMILES string of the molecule is BrCc1ncco1. The minimum atomic E-state index is 0.694. The zero-order valence-electron chi connectivity index (χ0n) is 3.60. The standard InChI is InChI=1S/C4H4BrNO/c5-3-4-6-1-2-7-4/h1-2H,3H2. The average molecular weight is 162 g/mol. The highest BCUT2D eigenvalue weighted by atomic mass is 79.9. The van der Waals surface area contributed by atoms with Crippen LogP contribution in [0.15, 0.2) is 16.9 Å². The first-order valence-corrected chi connectivity index (χ1v) is 3.00. The van der Waals surface area contributed by atoms with Crippen LogP contribution >= 0.6 is 15.9 Å². The largest absolute Gasteiger partial charge is 0.448 e. The predicted octanol–water partition coefficient (Wildman–Crippen LogP) is 1.57. The van der Waals surface area contributed by atoms with E-state index in [1.807, 2.05) is 0 Å². The highest BCUT2D eigenvalue weighted by Gasteiger charge is 1.87. The summed E-state index contributed by atoms with van der Waals surface area (Å²) in [6.07, 6.45) is 3.17. The quantitative estimate of drug-likeness (QED) is 0.585. The monoisotopic (exact) mass is 161 g/mol. The van der Waals surface area contributed by atoms with Gasteiger partial charge in [-0.25, -0.2) is 4.98 Å². The maximum absolute atomic E-state index is 4.82. The Morgan fingerprint density at radius 1 is 1.86 bits per heavy atom. The van der Waals surface area contributed by atoms with E-state index in [0.29, 0.717) is 5.33 Å². The van der Waals surface area contributed by atoms with Crippen LogP contribution in [0.2, 0.25) is 0 Å². The van der Waals surface area contributed by atoms with E-state index in [2.05, 4.69) is 20.9 Å². The molecule has 0 bridgehead atoms. The number of hydrogen-bond acceptors (Lipinski definition) is 2. The Morgan fingerprint density at radius 3 is 3.00 bits per heavy atom. The summed E-state index contributed by atoms with van der Waals surface area (Å²) in [6.45, 7) is 0. The molecule has 0 fully saturated rings. The van der Waals surface area contributed by atoms with Gasteiger partial charge in [0, 0.05) is 0 Å². The summed E-state index contributed by atoms with van der Waals surface area (Å²) in [6, 6.07) is 0. The third-order valence-electron chi connectivity index (χ3n) is 0.598. The molecule has 0 aliphatic heterocycles. The number of nitrogens with zero attached hydrogens (tertiary/aromatic N) is 1. The van der Waals surface area contributed by atoms with Gasteiger partial charge in [0.25, 0.3) is 0 Å². The lowest BCUT2D eigenvalue weighted by atomic mass is 10.8. The van der Waals surface area contributed by atoms with E-state index in [4.69, 9.17) is 4.42 Å². The van der Waals surface area contributed by atoms with E-state index >= 15 is 0 Å².